The molecule has 0 fully saturated rings. The van der Waals surface area contributed by atoms with Crippen LogP contribution in [0.4, 0.5) is 17.1 Å². The van der Waals surface area contributed by atoms with Crippen LogP contribution in [0.2, 0.25) is 0 Å². The molecule has 5 nitrogen and oxygen atoms in total. The van der Waals surface area contributed by atoms with E-state index >= 15 is 0 Å². The zero-order chi connectivity index (χ0) is 31.4. The Morgan fingerprint density at radius 1 is 0.711 bits per heavy atom. The third-order valence-electron chi connectivity index (χ3n) is 9.27. The van der Waals surface area contributed by atoms with Crippen LogP contribution in [-0.4, -0.2) is 19.1 Å². The first-order valence-corrected chi connectivity index (χ1v) is 16.8. The van der Waals surface area contributed by atoms with Crippen molar-refractivity contribution >= 4 is 23.0 Å². The van der Waals surface area contributed by atoms with Gasteiger partial charge in [0.1, 0.15) is 11.5 Å². The quantitative estimate of drug-likeness (QED) is 0.122. The van der Waals surface area contributed by atoms with Gasteiger partial charge < -0.3 is 19.7 Å². The number of hydrogen-bond donors (Lipinski definition) is 1. The minimum absolute atomic E-state index is 0.310. The van der Waals surface area contributed by atoms with Gasteiger partial charge in [0.2, 0.25) is 0 Å². The summed E-state index contributed by atoms with van der Waals surface area (Å²) in [6.45, 7) is 10.7. The second-order valence-corrected chi connectivity index (χ2v) is 12.7. The summed E-state index contributed by atoms with van der Waals surface area (Å²) in [7, 11) is 0. The lowest BCUT2D eigenvalue weighted by Crippen LogP contribution is -2.33. The number of hydrogen-bond acceptors (Lipinski definition) is 5. The van der Waals surface area contributed by atoms with E-state index < -0.39 is 5.60 Å². The second-order valence-electron chi connectivity index (χ2n) is 12.7. The smallest absolute Gasteiger partial charge is 0.340 e. The first kappa shape index (κ1) is 30.8. The molecule has 1 N–H and O–H groups in total. The number of aryl methyl sites for hydroxylation is 2. The maximum atomic E-state index is 13.5. The normalized spacial score (nSPS) is 16.0. The van der Waals surface area contributed by atoms with Gasteiger partial charge in [0, 0.05) is 52.9 Å². The molecule has 2 aliphatic heterocycles. The van der Waals surface area contributed by atoms with Crippen molar-refractivity contribution in [1.29, 1.82) is 0 Å². The van der Waals surface area contributed by atoms with E-state index in [1.54, 1.807) is 0 Å². The van der Waals surface area contributed by atoms with Crippen molar-refractivity contribution in [3.8, 4) is 11.5 Å². The van der Waals surface area contributed by atoms with Crippen molar-refractivity contribution in [2.45, 2.75) is 84.7 Å². The van der Waals surface area contributed by atoms with Gasteiger partial charge in [-0.15, -0.1) is 0 Å². The molecular weight excluding hydrogens is 556 g/mol. The van der Waals surface area contributed by atoms with Crippen molar-refractivity contribution in [2.75, 3.05) is 23.3 Å². The molecule has 0 radical (unpaired) electrons. The minimum atomic E-state index is -1.10. The summed E-state index contributed by atoms with van der Waals surface area (Å²) in [6.07, 6.45) is 9.93. The van der Waals surface area contributed by atoms with Crippen LogP contribution in [0, 0.1) is 13.8 Å². The Morgan fingerprint density at radius 2 is 1.47 bits per heavy atom. The first-order valence-electron chi connectivity index (χ1n) is 16.8. The zero-order valence-electron chi connectivity index (χ0n) is 27.2. The summed E-state index contributed by atoms with van der Waals surface area (Å²) in [5.74, 6) is 1.15. The lowest BCUT2D eigenvalue weighted by molar-refractivity contribution is 0.0224. The number of anilines is 3. The van der Waals surface area contributed by atoms with Crippen molar-refractivity contribution < 1.29 is 14.3 Å². The molecular formula is C40H46N2O3. The van der Waals surface area contributed by atoms with Crippen LogP contribution in [0.15, 0.2) is 78.9 Å². The van der Waals surface area contributed by atoms with Crippen LogP contribution >= 0.6 is 0 Å². The SMILES string of the molecule is CCCCCCCCN(CCCC)c1ccc2c(c1)Oc1cc(C)c(Nc3cccc(C)c3)cc1C21OC(=O)c2ccccc21. The highest BCUT2D eigenvalue weighted by Gasteiger charge is 2.53. The zero-order valence-corrected chi connectivity index (χ0v) is 27.2. The summed E-state index contributed by atoms with van der Waals surface area (Å²) >= 11 is 0. The predicted molar refractivity (Wildman–Crippen MR) is 184 cm³/mol. The number of unbranched alkanes of at least 4 members (excludes halogenated alkanes) is 6. The fourth-order valence-electron chi connectivity index (χ4n) is 6.82. The highest BCUT2D eigenvalue weighted by atomic mass is 16.6. The molecule has 4 aromatic rings. The molecule has 0 saturated carbocycles. The maximum Gasteiger partial charge on any atom is 0.340 e. The Bertz CT molecular complexity index is 1680. The number of benzene rings is 4. The summed E-state index contributed by atoms with van der Waals surface area (Å²) < 4.78 is 13.2. The molecule has 234 valence electrons. The lowest BCUT2D eigenvalue weighted by atomic mass is 9.77. The van der Waals surface area contributed by atoms with E-state index in [1.165, 1.54) is 44.1 Å². The van der Waals surface area contributed by atoms with Gasteiger partial charge in [0.15, 0.2) is 5.60 Å². The van der Waals surface area contributed by atoms with Crippen LogP contribution in [0.1, 0.15) is 103 Å². The van der Waals surface area contributed by atoms with Crippen LogP contribution in [0.3, 0.4) is 0 Å². The summed E-state index contributed by atoms with van der Waals surface area (Å²) in [4.78, 5) is 16.0. The number of fused-ring (bicyclic) bond motifs is 6. The van der Waals surface area contributed by atoms with Gasteiger partial charge in [-0.2, -0.15) is 0 Å². The van der Waals surface area contributed by atoms with Crippen LogP contribution < -0.4 is 15.0 Å². The van der Waals surface area contributed by atoms with Gasteiger partial charge in [-0.3, -0.25) is 0 Å². The van der Waals surface area contributed by atoms with Gasteiger partial charge in [0.25, 0.3) is 0 Å². The van der Waals surface area contributed by atoms with E-state index in [-0.39, 0.29) is 5.97 Å². The van der Waals surface area contributed by atoms with E-state index in [0.29, 0.717) is 11.3 Å². The Kier molecular flexibility index (Phi) is 9.16. The molecule has 0 aromatic heterocycles. The fraction of sp³-hybridized carbons (Fsp3) is 0.375. The number of ether oxygens (including phenoxy) is 2. The Morgan fingerprint density at radius 3 is 2.29 bits per heavy atom. The van der Waals surface area contributed by atoms with E-state index in [9.17, 15) is 4.79 Å². The van der Waals surface area contributed by atoms with E-state index in [4.69, 9.17) is 9.47 Å². The first-order chi connectivity index (χ1) is 21.9. The Balaban J connectivity index is 1.41. The van der Waals surface area contributed by atoms with Crippen molar-refractivity contribution in [3.05, 3.63) is 112 Å². The topological polar surface area (TPSA) is 50.8 Å². The van der Waals surface area contributed by atoms with E-state index in [2.05, 4.69) is 92.5 Å². The van der Waals surface area contributed by atoms with Crippen molar-refractivity contribution in [2.24, 2.45) is 0 Å². The molecule has 1 unspecified atom stereocenters. The van der Waals surface area contributed by atoms with Crippen LogP contribution in [0.25, 0.3) is 0 Å². The van der Waals surface area contributed by atoms with Crippen molar-refractivity contribution in [3.63, 3.8) is 0 Å². The average Bonchev–Trinajstić information content (AvgIpc) is 3.33. The monoisotopic (exact) mass is 602 g/mol. The molecule has 4 aromatic carbocycles. The van der Waals surface area contributed by atoms with Gasteiger partial charge in [-0.25, -0.2) is 4.79 Å². The third-order valence-corrected chi connectivity index (χ3v) is 9.27. The molecule has 2 heterocycles. The summed E-state index contributed by atoms with van der Waals surface area (Å²) in [5.41, 5.74) is 7.40. The largest absolute Gasteiger partial charge is 0.456 e. The molecule has 1 spiro atoms. The number of carbonyl (C=O) groups is 1. The molecule has 0 bridgehead atoms. The second kappa shape index (κ2) is 13.4. The highest BCUT2D eigenvalue weighted by molar-refractivity contribution is 5.97. The maximum absolute atomic E-state index is 13.5. The Labute approximate surface area is 268 Å². The molecule has 0 aliphatic carbocycles. The number of esters is 1. The number of nitrogens with zero attached hydrogens (tertiary/aromatic N) is 1. The van der Waals surface area contributed by atoms with Crippen LogP contribution in [0.5, 0.6) is 11.5 Å². The molecule has 0 saturated heterocycles. The molecule has 45 heavy (non-hydrogen) atoms. The third kappa shape index (κ3) is 6.05. The molecule has 5 heteroatoms. The molecule has 1 atom stereocenters. The van der Waals surface area contributed by atoms with Gasteiger partial charge in [0.05, 0.1) is 5.56 Å². The standard InChI is InChI=1S/C40H46N2O3/c1-5-7-9-10-11-14-23-42(22-8-6-2)31-20-21-34-38(26-31)44-37-25-29(4)36(41-30-17-15-16-28(3)24-30)27-35(37)40(34)33-19-13-12-18-32(33)39(43)45-40/h12-13,15-21,24-27,41H,5-11,14,22-23H2,1-4H3. The predicted octanol–water partition coefficient (Wildman–Crippen LogP) is 10.6. The van der Waals surface area contributed by atoms with Gasteiger partial charge in [-0.05, 0) is 80.3 Å². The van der Waals surface area contributed by atoms with E-state index in [1.807, 2.05) is 24.3 Å². The molecule has 6 rings (SSSR count). The summed E-state index contributed by atoms with van der Waals surface area (Å²) in [6, 6.07) is 26.8. The molecule has 2 aliphatic rings. The molecule has 0 amide bonds. The lowest BCUT2D eigenvalue weighted by Gasteiger charge is -2.38. The number of carbonyl (C=O) groups excluding carboxylic acids is 1. The highest BCUT2D eigenvalue weighted by Crippen LogP contribution is 2.57. The van der Waals surface area contributed by atoms with Gasteiger partial charge >= 0.3 is 5.97 Å². The number of rotatable bonds is 13. The number of nitrogens with one attached hydrogen (secondary N) is 1. The fourth-order valence-corrected chi connectivity index (χ4v) is 6.82. The van der Waals surface area contributed by atoms with Gasteiger partial charge in [-0.1, -0.05) is 82.7 Å². The minimum Gasteiger partial charge on any atom is -0.456 e. The Hall–Kier alpha value is -4.25. The van der Waals surface area contributed by atoms with Crippen LogP contribution in [-0.2, 0) is 10.3 Å². The summed E-state index contributed by atoms with van der Waals surface area (Å²) in [5, 5.41) is 3.61. The van der Waals surface area contributed by atoms with E-state index in [0.717, 1.165) is 71.0 Å². The average molecular weight is 603 g/mol. The van der Waals surface area contributed by atoms with Crippen molar-refractivity contribution in [1.82, 2.24) is 0 Å².